The number of rotatable bonds is 5. The van der Waals surface area contributed by atoms with E-state index in [1.807, 2.05) is 37.3 Å². The number of carbonyl (C=O) groups is 1. The van der Waals surface area contributed by atoms with E-state index in [-0.39, 0.29) is 11.5 Å². The van der Waals surface area contributed by atoms with Gasteiger partial charge in [-0.1, -0.05) is 43.3 Å². The largest absolute Gasteiger partial charge is 0.478 e. The van der Waals surface area contributed by atoms with Crippen molar-refractivity contribution in [1.82, 2.24) is 0 Å². The number of benzene rings is 2. The van der Waals surface area contributed by atoms with Crippen LogP contribution in [0, 0.1) is 5.82 Å². The molecule has 1 unspecified atom stereocenters. The van der Waals surface area contributed by atoms with Gasteiger partial charge in [-0.2, -0.15) is 0 Å². The van der Waals surface area contributed by atoms with Gasteiger partial charge in [0.2, 0.25) is 0 Å². The van der Waals surface area contributed by atoms with Crippen molar-refractivity contribution >= 4 is 11.7 Å². The van der Waals surface area contributed by atoms with Crippen molar-refractivity contribution < 1.29 is 14.3 Å². The monoisotopic (exact) mass is 273 g/mol. The first-order valence-electron chi connectivity index (χ1n) is 6.40. The van der Waals surface area contributed by atoms with Gasteiger partial charge in [0.05, 0.1) is 5.69 Å². The molecule has 2 aromatic carbocycles. The minimum Gasteiger partial charge on any atom is -0.478 e. The molecule has 0 spiro atoms. The Bertz CT molecular complexity index is 599. The van der Waals surface area contributed by atoms with Crippen LogP contribution in [0.2, 0.25) is 0 Å². The minimum absolute atomic E-state index is 0.195. The highest BCUT2D eigenvalue weighted by Crippen LogP contribution is 2.21. The van der Waals surface area contributed by atoms with Crippen LogP contribution in [0.3, 0.4) is 0 Å². The van der Waals surface area contributed by atoms with Gasteiger partial charge in [-0.3, -0.25) is 0 Å². The van der Waals surface area contributed by atoms with Crippen LogP contribution in [0.1, 0.15) is 28.8 Å². The van der Waals surface area contributed by atoms with Gasteiger partial charge in [0.15, 0.2) is 0 Å². The molecule has 0 aliphatic carbocycles. The zero-order valence-corrected chi connectivity index (χ0v) is 11.1. The van der Waals surface area contributed by atoms with Crippen molar-refractivity contribution in [3.63, 3.8) is 0 Å². The third kappa shape index (κ3) is 3.15. The number of carboxylic acid groups (broad SMARTS) is 1. The van der Waals surface area contributed by atoms with Gasteiger partial charge in [0, 0.05) is 6.54 Å². The van der Waals surface area contributed by atoms with Crippen molar-refractivity contribution in [3.05, 3.63) is 65.5 Å². The summed E-state index contributed by atoms with van der Waals surface area (Å²) in [6.45, 7) is 2.57. The standard InChI is InChI=1S/C16H16FNO2/c1-11(12-6-3-2-4-7-12)10-18-14-9-5-8-13(17)15(14)16(19)20/h2-9,11,18H,10H2,1H3,(H,19,20). The first-order valence-corrected chi connectivity index (χ1v) is 6.40. The lowest BCUT2D eigenvalue weighted by atomic mass is 10.0. The van der Waals surface area contributed by atoms with Crippen LogP contribution in [0.5, 0.6) is 0 Å². The maximum Gasteiger partial charge on any atom is 0.340 e. The third-order valence-corrected chi connectivity index (χ3v) is 3.19. The van der Waals surface area contributed by atoms with Gasteiger partial charge in [-0.15, -0.1) is 0 Å². The molecule has 0 fully saturated rings. The molecule has 2 N–H and O–H groups in total. The Morgan fingerprint density at radius 2 is 1.90 bits per heavy atom. The predicted molar refractivity (Wildman–Crippen MR) is 76.7 cm³/mol. The number of halogens is 1. The van der Waals surface area contributed by atoms with Gasteiger partial charge in [0.25, 0.3) is 0 Å². The van der Waals surface area contributed by atoms with Gasteiger partial charge < -0.3 is 10.4 Å². The first kappa shape index (κ1) is 14.1. The highest BCUT2D eigenvalue weighted by molar-refractivity contribution is 5.94. The second kappa shape index (κ2) is 6.19. The topological polar surface area (TPSA) is 49.3 Å². The minimum atomic E-state index is -1.27. The highest BCUT2D eigenvalue weighted by Gasteiger charge is 2.16. The smallest absolute Gasteiger partial charge is 0.340 e. The second-order valence-corrected chi connectivity index (χ2v) is 4.66. The van der Waals surface area contributed by atoms with E-state index in [4.69, 9.17) is 5.11 Å². The van der Waals surface area contributed by atoms with Crippen LogP contribution in [-0.2, 0) is 0 Å². The fraction of sp³-hybridized carbons (Fsp3) is 0.188. The van der Waals surface area contributed by atoms with E-state index in [2.05, 4.69) is 5.32 Å². The van der Waals surface area contributed by atoms with Crippen LogP contribution in [0.15, 0.2) is 48.5 Å². The Hall–Kier alpha value is -2.36. The van der Waals surface area contributed by atoms with Crippen LogP contribution in [0.25, 0.3) is 0 Å². The number of hydrogen-bond acceptors (Lipinski definition) is 2. The molecule has 0 radical (unpaired) electrons. The lowest BCUT2D eigenvalue weighted by Gasteiger charge is -2.15. The summed E-state index contributed by atoms with van der Waals surface area (Å²) in [6, 6.07) is 14.1. The van der Waals surface area contributed by atoms with Gasteiger partial charge in [-0.25, -0.2) is 9.18 Å². The molecule has 3 nitrogen and oxygen atoms in total. The van der Waals surface area contributed by atoms with Gasteiger partial charge in [0.1, 0.15) is 11.4 Å². The molecule has 0 aromatic heterocycles. The average molecular weight is 273 g/mol. The fourth-order valence-electron chi connectivity index (χ4n) is 2.05. The molecule has 0 aliphatic heterocycles. The Balaban J connectivity index is 2.12. The maximum atomic E-state index is 13.5. The van der Waals surface area contributed by atoms with Crippen LogP contribution in [0.4, 0.5) is 10.1 Å². The molecule has 1 atom stereocenters. The molecular formula is C16H16FNO2. The summed E-state index contributed by atoms with van der Waals surface area (Å²) in [7, 11) is 0. The highest BCUT2D eigenvalue weighted by atomic mass is 19.1. The third-order valence-electron chi connectivity index (χ3n) is 3.19. The number of carboxylic acids is 1. The van der Waals surface area contributed by atoms with Crippen LogP contribution in [-0.4, -0.2) is 17.6 Å². The molecule has 0 saturated heterocycles. The van der Waals surface area contributed by atoms with Crippen molar-refractivity contribution in [2.24, 2.45) is 0 Å². The fourth-order valence-corrected chi connectivity index (χ4v) is 2.05. The summed E-state index contributed by atoms with van der Waals surface area (Å²) in [4.78, 5) is 11.1. The Labute approximate surface area is 117 Å². The first-order chi connectivity index (χ1) is 9.59. The summed E-state index contributed by atoms with van der Waals surface area (Å²) in [5, 5.41) is 12.1. The Morgan fingerprint density at radius 1 is 1.20 bits per heavy atom. The molecule has 0 saturated carbocycles. The van der Waals surface area contributed by atoms with E-state index in [1.165, 1.54) is 6.07 Å². The summed E-state index contributed by atoms with van der Waals surface area (Å²) >= 11 is 0. The summed E-state index contributed by atoms with van der Waals surface area (Å²) < 4.78 is 13.5. The summed E-state index contributed by atoms with van der Waals surface area (Å²) in [6.07, 6.45) is 0. The Morgan fingerprint density at radius 3 is 2.55 bits per heavy atom. The number of nitrogens with one attached hydrogen (secondary N) is 1. The molecule has 4 heteroatoms. The number of hydrogen-bond donors (Lipinski definition) is 2. The molecule has 0 aliphatic rings. The normalized spacial score (nSPS) is 11.9. The molecule has 20 heavy (non-hydrogen) atoms. The molecule has 0 amide bonds. The van der Waals surface area contributed by atoms with E-state index in [1.54, 1.807) is 6.07 Å². The number of anilines is 1. The molecule has 2 rings (SSSR count). The zero-order chi connectivity index (χ0) is 14.5. The second-order valence-electron chi connectivity index (χ2n) is 4.66. The summed E-state index contributed by atoms with van der Waals surface area (Å²) in [5.41, 5.74) is 1.14. The van der Waals surface area contributed by atoms with Crippen molar-refractivity contribution in [1.29, 1.82) is 0 Å². The maximum absolute atomic E-state index is 13.5. The van der Waals surface area contributed by atoms with Crippen molar-refractivity contribution in [2.45, 2.75) is 12.8 Å². The van der Waals surface area contributed by atoms with Gasteiger partial charge in [-0.05, 0) is 23.6 Å². The average Bonchev–Trinajstić information content (AvgIpc) is 2.45. The van der Waals surface area contributed by atoms with E-state index in [9.17, 15) is 9.18 Å². The molecule has 2 aromatic rings. The SMILES string of the molecule is CC(CNc1cccc(F)c1C(=O)O)c1ccccc1. The quantitative estimate of drug-likeness (QED) is 0.872. The summed E-state index contributed by atoms with van der Waals surface area (Å²) in [5.74, 6) is -1.80. The van der Waals surface area contributed by atoms with Crippen LogP contribution < -0.4 is 5.32 Å². The van der Waals surface area contributed by atoms with E-state index in [0.29, 0.717) is 12.2 Å². The molecule has 0 bridgehead atoms. The van der Waals surface area contributed by atoms with Crippen LogP contribution >= 0.6 is 0 Å². The predicted octanol–water partition coefficient (Wildman–Crippen LogP) is 3.74. The number of aromatic carboxylic acids is 1. The van der Waals surface area contributed by atoms with E-state index >= 15 is 0 Å². The van der Waals surface area contributed by atoms with E-state index in [0.717, 1.165) is 11.6 Å². The molecular weight excluding hydrogens is 257 g/mol. The Kier molecular flexibility index (Phi) is 4.35. The van der Waals surface area contributed by atoms with E-state index < -0.39 is 11.8 Å². The van der Waals surface area contributed by atoms with Gasteiger partial charge >= 0.3 is 5.97 Å². The molecule has 0 heterocycles. The van der Waals surface area contributed by atoms with Crippen molar-refractivity contribution in [2.75, 3.05) is 11.9 Å². The zero-order valence-electron chi connectivity index (χ0n) is 11.1. The lowest BCUT2D eigenvalue weighted by molar-refractivity contribution is 0.0693. The lowest BCUT2D eigenvalue weighted by Crippen LogP contribution is -2.13. The molecule has 104 valence electrons. The van der Waals surface area contributed by atoms with Crippen molar-refractivity contribution in [3.8, 4) is 0 Å².